The zero-order chi connectivity index (χ0) is 31.9. The van der Waals surface area contributed by atoms with E-state index in [2.05, 4.69) is 185 Å². The molecular weight excluding hydrogens is 583 g/mol. The van der Waals surface area contributed by atoms with Crippen molar-refractivity contribution in [1.29, 1.82) is 0 Å². The van der Waals surface area contributed by atoms with E-state index >= 15 is 0 Å². The fourth-order valence-electron chi connectivity index (χ4n) is 7.97. The van der Waals surface area contributed by atoms with Gasteiger partial charge in [-0.1, -0.05) is 98.8 Å². The molecule has 10 rings (SSSR count). The van der Waals surface area contributed by atoms with Gasteiger partial charge in [0.05, 0.1) is 33.1 Å². The minimum absolute atomic E-state index is 0.486. The van der Waals surface area contributed by atoms with E-state index in [1.165, 1.54) is 76.7 Å². The Morgan fingerprint density at radius 2 is 0.625 bits per heavy atom. The van der Waals surface area contributed by atoms with Crippen LogP contribution in [-0.2, 0) is 0 Å². The number of nitrogens with zero attached hydrogens (tertiary/aromatic N) is 3. The fourth-order valence-corrected chi connectivity index (χ4v) is 7.97. The van der Waals surface area contributed by atoms with E-state index in [0.717, 1.165) is 11.4 Å². The molecule has 3 heteroatoms. The number of hydrogen-bond donors (Lipinski definition) is 0. The molecule has 3 aromatic heterocycles. The van der Waals surface area contributed by atoms with Crippen molar-refractivity contribution in [3.05, 3.63) is 163 Å². The third-order valence-electron chi connectivity index (χ3n) is 10.2. The Morgan fingerprint density at radius 1 is 0.312 bits per heavy atom. The van der Waals surface area contributed by atoms with Crippen molar-refractivity contribution in [2.75, 3.05) is 0 Å². The molecule has 3 heterocycles. The van der Waals surface area contributed by atoms with Crippen molar-refractivity contribution in [1.82, 2.24) is 13.7 Å². The first-order chi connectivity index (χ1) is 23.7. The van der Waals surface area contributed by atoms with Crippen molar-refractivity contribution < 1.29 is 0 Å². The molecule has 0 aliphatic heterocycles. The number of aromatic nitrogens is 3. The summed E-state index contributed by atoms with van der Waals surface area (Å²) in [5, 5.41) is 7.56. The van der Waals surface area contributed by atoms with Crippen LogP contribution in [0, 0.1) is 0 Å². The maximum absolute atomic E-state index is 2.43. The standard InChI is InChI=1S/C45H33N3/c1-29(2)30-19-21-31(22-20-30)46-44-25-23-32(47-40-15-7-3-11-34(40)35-12-4-8-16-41(35)47)27-38(44)39-28-33(24-26-45(39)46)48-42-17-9-5-13-36(42)37-14-6-10-18-43(37)48/h3-29H,1-2H3. The molecule has 0 saturated carbocycles. The average molecular weight is 616 g/mol. The summed E-state index contributed by atoms with van der Waals surface area (Å²) in [6.45, 7) is 4.50. The van der Waals surface area contributed by atoms with Crippen LogP contribution in [0.1, 0.15) is 25.3 Å². The van der Waals surface area contributed by atoms with Gasteiger partial charge < -0.3 is 13.7 Å². The number of hydrogen-bond acceptors (Lipinski definition) is 0. The summed E-state index contributed by atoms with van der Waals surface area (Å²) in [4.78, 5) is 0. The molecule has 0 spiro atoms. The Labute approximate surface area is 278 Å². The predicted molar refractivity (Wildman–Crippen MR) is 204 cm³/mol. The first-order valence-corrected chi connectivity index (χ1v) is 16.8. The van der Waals surface area contributed by atoms with E-state index in [1.54, 1.807) is 0 Å². The van der Waals surface area contributed by atoms with Crippen LogP contribution in [-0.4, -0.2) is 13.7 Å². The van der Waals surface area contributed by atoms with E-state index in [1.807, 2.05) is 0 Å². The van der Waals surface area contributed by atoms with Crippen LogP contribution in [0.3, 0.4) is 0 Å². The van der Waals surface area contributed by atoms with Crippen LogP contribution in [0.4, 0.5) is 0 Å². The van der Waals surface area contributed by atoms with E-state index in [4.69, 9.17) is 0 Å². The number of rotatable bonds is 4. The largest absolute Gasteiger partial charge is 0.309 e. The molecule has 0 N–H and O–H groups in total. The van der Waals surface area contributed by atoms with Crippen molar-refractivity contribution in [2.45, 2.75) is 19.8 Å². The number of benzene rings is 7. The molecule has 228 valence electrons. The smallest absolute Gasteiger partial charge is 0.0542 e. The minimum atomic E-state index is 0.486. The van der Waals surface area contributed by atoms with Crippen molar-refractivity contribution >= 4 is 65.4 Å². The Balaban J connectivity index is 1.29. The molecule has 3 nitrogen and oxygen atoms in total. The maximum atomic E-state index is 2.43. The monoisotopic (exact) mass is 615 g/mol. The Hall–Kier alpha value is -6.06. The van der Waals surface area contributed by atoms with Gasteiger partial charge in [-0.3, -0.25) is 0 Å². The predicted octanol–water partition coefficient (Wildman–Crippen LogP) is 12.1. The van der Waals surface area contributed by atoms with Gasteiger partial charge in [0.2, 0.25) is 0 Å². The zero-order valence-corrected chi connectivity index (χ0v) is 26.9. The normalized spacial score (nSPS) is 12.1. The first-order valence-electron chi connectivity index (χ1n) is 16.8. The molecule has 0 atom stereocenters. The molecule has 0 bridgehead atoms. The van der Waals surface area contributed by atoms with Crippen LogP contribution in [0.5, 0.6) is 0 Å². The third kappa shape index (κ3) is 3.82. The maximum Gasteiger partial charge on any atom is 0.0542 e. The second-order valence-corrected chi connectivity index (χ2v) is 13.2. The lowest BCUT2D eigenvalue weighted by Gasteiger charge is -2.12. The fraction of sp³-hybridized carbons (Fsp3) is 0.0667. The molecule has 10 aromatic rings. The van der Waals surface area contributed by atoms with Crippen molar-refractivity contribution in [3.8, 4) is 17.1 Å². The second kappa shape index (κ2) is 10.2. The van der Waals surface area contributed by atoms with Crippen LogP contribution in [0.15, 0.2) is 158 Å². The second-order valence-electron chi connectivity index (χ2n) is 13.2. The van der Waals surface area contributed by atoms with Gasteiger partial charge >= 0.3 is 0 Å². The summed E-state index contributed by atoms with van der Waals surface area (Å²) in [6, 6.07) is 58.1. The number of para-hydroxylation sites is 4. The summed E-state index contributed by atoms with van der Waals surface area (Å²) < 4.78 is 7.27. The Kier molecular flexibility index (Phi) is 5.77. The Bertz CT molecular complexity index is 2580. The highest BCUT2D eigenvalue weighted by Gasteiger charge is 2.18. The summed E-state index contributed by atoms with van der Waals surface area (Å²) in [6.07, 6.45) is 0. The molecule has 0 saturated heterocycles. The quantitative estimate of drug-likeness (QED) is 0.187. The van der Waals surface area contributed by atoms with Gasteiger partial charge in [0, 0.05) is 49.4 Å². The lowest BCUT2D eigenvalue weighted by Crippen LogP contribution is -1.97. The molecule has 48 heavy (non-hydrogen) atoms. The van der Waals surface area contributed by atoms with E-state index < -0.39 is 0 Å². The number of fused-ring (bicyclic) bond motifs is 9. The zero-order valence-electron chi connectivity index (χ0n) is 26.9. The topological polar surface area (TPSA) is 14.8 Å². The van der Waals surface area contributed by atoms with Crippen LogP contribution < -0.4 is 0 Å². The van der Waals surface area contributed by atoms with Gasteiger partial charge in [-0.25, -0.2) is 0 Å². The van der Waals surface area contributed by atoms with Gasteiger partial charge in [-0.2, -0.15) is 0 Å². The van der Waals surface area contributed by atoms with Gasteiger partial charge in [0.25, 0.3) is 0 Å². The highest BCUT2D eigenvalue weighted by atomic mass is 15.0. The van der Waals surface area contributed by atoms with E-state index in [0.29, 0.717) is 5.92 Å². The highest BCUT2D eigenvalue weighted by molar-refractivity contribution is 6.14. The van der Waals surface area contributed by atoms with Gasteiger partial charge in [0.15, 0.2) is 0 Å². The molecule has 7 aromatic carbocycles. The minimum Gasteiger partial charge on any atom is -0.309 e. The molecule has 0 aliphatic carbocycles. The Morgan fingerprint density at radius 3 is 1.00 bits per heavy atom. The van der Waals surface area contributed by atoms with Crippen molar-refractivity contribution in [2.24, 2.45) is 0 Å². The summed E-state index contributed by atoms with van der Waals surface area (Å²) in [5.41, 5.74) is 12.1. The van der Waals surface area contributed by atoms with Gasteiger partial charge in [0.1, 0.15) is 0 Å². The molecular formula is C45H33N3. The molecule has 0 aliphatic rings. The van der Waals surface area contributed by atoms with Crippen molar-refractivity contribution in [3.63, 3.8) is 0 Å². The molecule has 0 unspecified atom stereocenters. The summed E-state index contributed by atoms with van der Waals surface area (Å²) in [7, 11) is 0. The highest BCUT2D eigenvalue weighted by Crippen LogP contribution is 2.39. The molecule has 0 radical (unpaired) electrons. The first kappa shape index (κ1) is 27.1. The average Bonchev–Trinajstić information content (AvgIpc) is 3.77. The molecule has 0 amide bonds. The lowest BCUT2D eigenvalue weighted by molar-refractivity contribution is 0.866. The molecule has 0 fully saturated rings. The SMILES string of the molecule is CC(C)c1ccc(-n2c3ccc(-n4c5ccccc5c5ccccc54)cc3c3cc(-n4c5ccccc5c5ccccc54)ccc32)cc1. The van der Waals surface area contributed by atoms with Gasteiger partial charge in [-0.15, -0.1) is 0 Å². The lowest BCUT2D eigenvalue weighted by atomic mass is 10.0. The van der Waals surface area contributed by atoms with E-state index in [9.17, 15) is 0 Å². The van der Waals surface area contributed by atoms with Crippen LogP contribution in [0.25, 0.3) is 82.5 Å². The summed E-state index contributed by atoms with van der Waals surface area (Å²) >= 11 is 0. The third-order valence-corrected chi connectivity index (χ3v) is 10.2. The van der Waals surface area contributed by atoms with Crippen LogP contribution >= 0.6 is 0 Å². The van der Waals surface area contributed by atoms with E-state index in [-0.39, 0.29) is 0 Å². The van der Waals surface area contributed by atoms with Crippen LogP contribution in [0.2, 0.25) is 0 Å². The summed E-state index contributed by atoms with van der Waals surface area (Å²) in [5.74, 6) is 0.486. The van der Waals surface area contributed by atoms with Gasteiger partial charge in [-0.05, 0) is 84.3 Å².